The lowest BCUT2D eigenvalue weighted by Crippen LogP contribution is -2.37. The number of hydrogen-bond acceptors (Lipinski definition) is 6. The van der Waals surface area contributed by atoms with Crippen LogP contribution < -0.4 is 4.90 Å². The molecule has 1 atom stereocenters. The zero-order chi connectivity index (χ0) is 19.8. The zero-order valence-corrected chi connectivity index (χ0v) is 16.5. The number of nitrogens with one attached hydrogen (secondary N) is 1. The van der Waals surface area contributed by atoms with E-state index in [1.807, 2.05) is 16.9 Å². The van der Waals surface area contributed by atoms with Crippen LogP contribution in [0, 0.1) is 0 Å². The molecule has 5 rings (SSSR count). The van der Waals surface area contributed by atoms with Crippen molar-refractivity contribution in [2.45, 2.75) is 28.7 Å². The van der Waals surface area contributed by atoms with Crippen LogP contribution in [0.3, 0.4) is 0 Å². The van der Waals surface area contributed by atoms with Gasteiger partial charge in [0.1, 0.15) is 22.3 Å². The monoisotopic (exact) mass is 408 g/mol. The molecule has 0 spiro atoms. The zero-order valence-electron chi connectivity index (χ0n) is 15.6. The van der Waals surface area contributed by atoms with Crippen molar-refractivity contribution in [3.63, 3.8) is 0 Å². The predicted octanol–water partition coefficient (Wildman–Crippen LogP) is 2.83. The topological polar surface area (TPSA) is 96.8 Å². The second kappa shape index (κ2) is 7.00. The number of aromatic amines is 1. The fourth-order valence-corrected chi connectivity index (χ4v) is 5.33. The standard InChI is InChI=1S/C20H20N6O2S/c27-29(28,16-7-2-1-3-8-16)17-12-21-19-18(17)22-14-23-20(19)25-10-4-6-15(13-25)26-11-5-9-24-26/h1-3,5,7-9,11-12,14-15,21H,4,6,10,13H2. The van der Waals surface area contributed by atoms with Gasteiger partial charge in [-0.1, -0.05) is 18.2 Å². The number of hydrogen-bond donors (Lipinski definition) is 1. The molecule has 0 bridgehead atoms. The molecule has 1 aromatic carbocycles. The highest BCUT2D eigenvalue weighted by atomic mass is 32.2. The Morgan fingerprint density at radius 2 is 1.97 bits per heavy atom. The molecule has 1 saturated heterocycles. The summed E-state index contributed by atoms with van der Waals surface area (Å²) < 4.78 is 28.2. The highest BCUT2D eigenvalue weighted by Gasteiger charge is 2.27. The van der Waals surface area contributed by atoms with Crippen LogP contribution in [-0.2, 0) is 9.84 Å². The van der Waals surface area contributed by atoms with Crippen LogP contribution in [0.1, 0.15) is 18.9 Å². The largest absolute Gasteiger partial charge is 0.356 e. The van der Waals surface area contributed by atoms with Crippen molar-refractivity contribution >= 4 is 26.7 Å². The molecule has 1 aliphatic heterocycles. The molecule has 0 aliphatic carbocycles. The Morgan fingerprint density at radius 3 is 2.76 bits per heavy atom. The van der Waals surface area contributed by atoms with E-state index in [-0.39, 0.29) is 15.8 Å². The third-order valence-corrected chi connectivity index (χ3v) is 7.13. The van der Waals surface area contributed by atoms with E-state index in [1.54, 1.807) is 36.5 Å². The highest BCUT2D eigenvalue weighted by molar-refractivity contribution is 7.91. The summed E-state index contributed by atoms with van der Waals surface area (Å²) in [5, 5.41) is 4.37. The molecule has 8 nitrogen and oxygen atoms in total. The number of aromatic nitrogens is 5. The molecule has 148 valence electrons. The van der Waals surface area contributed by atoms with E-state index < -0.39 is 9.84 Å². The summed E-state index contributed by atoms with van der Waals surface area (Å²) in [5.74, 6) is 0.723. The summed E-state index contributed by atoms with van der Waals surface area (Å²) >= 11 is 0. The maximum Gasteiger partial charge on any atom is 0.210 e. The molecule has 1 fully saturated rings. The van der Waals surface area contributed by atoms with Gasteiger partial charge in [0.05, 0.1) is 10.9 Å². The van der Waals surface area contributed by atoms with Gasteiger partial charge in [-0.2, -0.15) is 5.10 Å². The Hall–Kier alpha value is -3.20. The third-order valence-electron chi connectivity index (χ3n) is 5.35. The first-order valence-corrected chi connectivity index (χ1v) is 11.0. The Balaban J connectivity index is 1.54. The summed E-state index contributed by atoms with van der Waals surface area (Å²) in [4.78, 5) is 14.5. The molecule has 0 radical (unpaired) electrons. The number of fused-ring (bicyclic) bond motifs is 1. The lowest BCUT2D eigenvalue weighted by molar-refractivity contribution is 0.375. The van der Waals surface area contributed by atoms with Crippen molar-refractivity contribution in [2.75, 3.05) is 18.0 Å². The van der Waals surface area contributed by atoms with Gasteiger partial charge in [0.2, 0.25) is 9.84 Å². The Kier molecular flexibility index (Phi) is 4.31. The average Bonchev–Trinajstić information content (AvgIpc) is 3.45. The van der Waals surface area contributed by atoms with Gasteiger partial charge in [-0.25, -0.2) is 18.4 Å². The van der Waals surface area contributed by atoms with Crippen molar-refractivity contribution in [3.8, 4) is 0 Å². The highest BCUT2D eigenvalue weighted by Crippen LogP contribution is 2.33. The second-order valence-corrected chi connectivity index (χ2v) is 9.04. The van der Waals surface area contributed by atoms with Gasteiger partial charge in [0, 0.05) is 31.7 Å². The van der Waals surface area contributed by atoms with Crippen LogP contribution in [0.25, 0.3) is 11.0 Å². The average molecular weight is 408 g/mol. The van der Waals surface area contributed by atoms with Crippen molar-refractivity contribution in [2.24, 2.45) is 0 Å². The van der Waals surface area contributed by atoms with E-state index in [2.05, 4.69) is 25.0 Å². The summed E-state index contributed by atoms with van der Waals surface area (Å²) in [6.45, 7) is 1.61. The molecule has 4 aromatic rings. The Bertz CT molecular complexity index is 1230. The van der Waals surface area contributed by atoms with E-state index in [9.17, 15) is 8.42 Å². The quantitative estimate of drug-likeness (QED) is 0.558. The number of anilines is 1. The summed E-state index contributed by atoms with van der Waals surface area (Å²) in [7, 11) is -3.67. The van der Waals surface area contributed by atoms with Crippen LogP contribution >= 0.6 is 0 Å². The number of benzene rings is 1. The van der Waals surface area contributed by atoms with Crippen molar-refractivity contribution in [1.29, 1.82) is 0 Å². The first-order chi connectivity index (χ1) is 14.1. The fourth-order valence-electron chi connectivity index (χ4n) is 3.93. The van der Waals surface area contributed by atoms with E-state index in [0.717, 1.165) is 31.7 Å². The first-order valence-electron chi connectivity index (χ1n) is 9.51. The van der Waals surface area contributed by atoms with Crippen molar-refractivity contribution in [3.05, 3.63) is 61.3 Å². The van der Waals surface area contributed by atoms with Crippen LogP contribution in [0.5, 0.6) is 0 Å². The number of sulfone groups is 1. The van der Waals surface area contributed by atoms with Gasteiger partial charge in [-0.3, -0.25) is 4.68 Å². The van der Waals surface area contributed by atoms with Gasteiger partial charge in [0.15, 0.2) is 5.82 Å². The minimum atomic E-state index is -3.67. The molecule has 1 N–H and O–H groups in total. The molecule has 0 amide bonds. The fraction of sp³-hybridized carbons (Fsp3) is 0.250. The summed E-state index contributed by atoms with van der Waals surface area (Å²) in [5.41, 5.74) is 1.06. The lowest BCUT2D eigenvalue weighted by atomic mass is 10.1. The Morgan fingerprint density at radius 1 is 1.10 bits per heavy atom. The summed E-state index contributed by atoms with van der Waals surface area (Å²) in [6.07, 6.45) is 8.76. The number of rotatable bonds is 4. The van der Waals surface area contributed by atoms with Gasteiger partial charge in [-0.15, -0.1) is 0 Å². The van der Waals surface area contributed by atoms with E-state index in [0.29, 0.717) is 11.0 Å². The first kappa shape index (κ1) is 17.9. The SMILES string of the molecule is O=S(=O)(c1ccccc1)c1c[nH]c2c(N3CCCC(n4cccn4)C3)ncnc12. The van der Waals surface area contributed by atoms with Crippen LogP contribution in [-0.4, -0.2) is 46.2 Å². The van der Waals surface area contributed by atoms with Gasteiger partial charge in [0.25, 0.3) is 0 Å². The molecule has 29 heavy (non-hydrogen) atoms. The van der Waals surface area contributed by atoms with Gasteiger partial charge in [-0.05, 0) is 31.0 Å². The van der Waals surface area contributed by atoms with Crippen molar-refractivity contribution < 1.29 is 8.42 Å². The molecular weight excluding hydrogens is 388 g/mol. The predicted molar refractivity (Wildman–Crippen MR) is 108 cm³/mol. The van der Waals surface area contributed by atoms with Crippen LogP contribution in [0.15, 0.2) is 71.1 Å². The number of H-pyrrole nitrogens is 1. The Labute approximate surface area is 168 Å². The number of piperidine rings is 1. The van der Waals surface area contributed by atoms with Gasteiger partial charge < -0.3 is 9.88 Å². The molecular formula is C20H20N6O2S. The van der Waals surface area contributed by atoms with E-state index in [4.69, 9.17) is 0 Å². The van der Waals surface area contributed by atoms with Gasteiger partial charge >= 0.3 is 0 Å². The van der Waals surface area contributed by atoms with Crippen LogP contribution in [0.2, 0.25) is 0 Å². The second-order valence-electron chi connectivity index (χ2n) is 7.12. The van der Waals surface area contributed by atoms with E-state index in [1.165, 1.54) is 12.5 Å². The maximum absolute atomic E-state index is 13.1. The molecule has 0 saturated carbocycles. The smallest absolute Gasteiger partial charge is 0.210 e. The molecule has 4 heterocycles. The maximum atomic E-state index is 13.1. The van der Waals surface area contributed by atoms with Crippen LogP contribution in [0.4, 0.5) is 5.82 Å². The molecule has 3 aromatic heterocycles. The van der Waals surface area contributed by atoms with Crippen molar-refractivity contribution in [1.82, 2.24) is 24.7 Å². The summed E-state index contributed by atoms with van der Waals surface area (Å²) in [6, 6.07) is 10.6. The lowest BCUT2D eigenvalue weighted by Gasteiger charge is -2.33. The third kappa shape index (κ3) is 3.07. The minimum Gasteiger partial charge on any atom is -0.356 e. The normalized spacial score (nSPS) is 17.7. The minimum absolute atomic E-state index is 0.169. The number of nitrogens with zero attached hydrogens (tertiary/aromatic N) is 5. The molecule has 1 aliphatic rings. The van der Waals surface area contributed by atoms with E-state index >= 15 is 0 Å². The molecule has 1 unspecified atom stereocenters. The molecule has 9 heteroatoms.